The monoisotopic (exact) mass is 309 g/mol. The van der Waals surface area contributed by atoms with Crippen molar-refractivity contribution in [2.45, 2.75) is 44.2 Å². The molecule has 3 heteroatoms. The summed E-state index contributed by atoms with van der Waals surface area (Å²) in [5, 5.41) is 3.46. The van der Waals surface area contributed by atoms with Crippen LogP contribution in [0.5, 0.6) is 5.75 Å². The third-order valence-electron chi connectivity index (χ3n) is 4.70. The number of nitrogens with one attached hydrogen (secondary N) is 1. The molecule has 1 aliphatic carbocycles. The summed E-state index contributed by atoms with van der Waals surface area (Å²) in [4.78, 5) is 0. The van der Waals surface area contributed by atoms with E-state index in [4.69, 9.17) is 4.74 Å². The maximum Gasteiger partial charge on any atom is 0.126 e. The van der Waals surface area contributed by atoms with Crippen molar-refractivity contribution in [1.82, 2.24) is 5.32 Å². The standard InChI is InChI=1S/C15H20BrNO/c1-10-4-3-7-15(10)9-13(17-2)12-6-5-11(16)8-14(12)18-15/h5-6,8,10,13,17H,3-4,7,9H2,1-2H3. The van der Waals surface area contributed by atoms with Crippen LogP contribution in [0.3, 0.4) is 0 Å². The molecule has 1 aromatic rings. The van der Waals surface area contributed by atoms with Crippen LogP contribution in [0, 0.1) is 5.92 Å². The first-order valence-corrected chi connectivity index (χ1v) is 7.60. The van der Waals surface area contributed by atoms with Crippen LogP contribution in [0.15, 0.2) is 22.7 Å². The number of hydrogen-bond donors (Lipinski definition) is 1. The van der Waals surface area contributed by atoms with Crippen molar-refractivity contribution in [3.8, 4) is 5.75 Å². The Morgan fingerprint density at radius 1 is 1.44 bits per heavy atom. The second-order valence-corrected chi connectivity index (χ2v) is 6.60. The number of halogens is 1. The van der Waals surface area contributed by atoms with Gasteiger partial charge < -0.3 is 10.1 Å². The Hall–Kier alpha value is -0.540. The summed E-state index contributed by atoms with van der Waals surface area (Å²) in [6.45, 7) is 2.34. The second kappa shape index (κ2) is 4.53. The van der Waals surface area contributed by atoms with Gasteiger partial charge in [0, 0.05) is 22.5 Å². The predicted molar refractivity (Wildman–Crippen MR) is 76.9 cm³/mol. The minimum absolute atomic E-state index is 0.0570. The van der Waals surface area contributed by atoms with Crippen LogP contribution in [-0.2, 0) is 0 Å². The molecule has 1 heterocycles. The molecule has 1 spiro atoms. The first-order chi connectivity index (χ1) is 8.64. The lowest BCUT2D eigenvalue weighted by atomic mass is 9.81. The molecular weight excluding hydrogens is 290 g/mol. The van der Waals surface area contributed by atoms with Crippen molar-refractivity contribution < 1.29 is 4.74 Å². The van der Waals surface area contributed by atoms with E-state index in [2.05, 4.69) is 53.4 Å². The van der Waals surface area contributed by atoms with E-state index in [1.54, 1.807) is 0 Å². The van der Waals surface area contributed by atoms with Crippen molar-refractivity contribution in [3.63, 3.8) is 0 Å². The minimum Gasteiger partial charge on any atom is -0.487 e. The fourth-order valence-corrected chi connectivity index (χ4v) is 3.87. The van der Waals surface area contributed by atoms with Gasteiger partial charge in [-0.05, 0) is 44.4 Å². The third-order valence-corrected chi connectivity index (χ3v) is 5.19. The molecule has 3 atom stereocenters. The van der Waals surface area contributed by atoms with Gasteiger partial charge in [0.25, 0.3) is 0 Å². The summed E-state index contributed by atoms with van der Waals surface area (Å²) in [5.41, 5.74) is 1.35. The molecule has 1 fully saturated rings. The molecule has 3 rings (SSSR count). The molecule has 0 aromatic heterocycles. The highest BCUT2D eigenvalue weighted by atomic mass is 79.9. The number of benzene rings is 1. The highest BCUT2D eigenvalue weighted by Crippen LogP contribution is 2.50. The van der Waals surface area contributed by atoms with Crippen molar-refractivity contribution in [1.29, 1.82) is 0 Å². The largest absolute Gasteiger partial charge is 0.487 e. The predicted octanol–water partition coefficient (Wildman–Crippen LogP) is 4.05. The van der Waals surface area contributed by atoms with E-state index < -0.39 is 0 Å². The van der Waals surface area contributed by atoms with E-state index in [0.29, 0.717) is 12.0 Å². The lowest BCUT2D eigenvalue weighted by molar-refractivity contribution is 0.00271. The zero-order valence-electron chi connectivity index (χ0n) is 11.0. The summed E-state index contributed by atoms with van der Waals surface area (Å²) in [6, 6.07) is 6.81. The van der Waals surface area contributed by atoms with Gasteiger partial charge in [0.05, 0.1) is 0 Å². The van der Waals surface area contributed by atoms with E-state index in [1.807, 2.05) is 0 Å². The van der Waals surface area contributed by atoms with Gasteiger partial charge in [0.2, 0.25) is 0 Å². The van der Waals surface area contributed by atoms with Crippen LogP contribution in [0.25, 0.3) is 0 Å². The Morgan fingerprint density at radius 2 is 2.28 bits per heavy atom. The lowest BCUT2D eigenvalue weighted by Gasteiger charge is -2.42. The van der Waals surface area contributed by atoms with Crippen LogP contribution in [-0.4, -0.2) is 12.6 Å². The van der Waals surface area contributed by atoms with Crippen molar-refractivity contribution >= 4 is 15.9 Å². The molecule has 0 bridgehead atoms. The molecule has 0 amide bonds. The lowest BCUT2D eigenvalue weighted by Crippen LogP contribution is -2.45. The Labute approximate surface area is 117 Å². The zero-order chi connectivity index (χ0) is 12.8. The van der Waals surface area contributed by atoms with E-state index >= 15 is 0 Å². The summed E-state index contributed by atoms with van der Waals surface area (Å²) in [6.07, 6.45) is 4.87. The average Bonchev–Trinajstić information content (AvgIpc) is 2.69. The fraction of sp³-hybridized carbons (Fsp3) is 0.600. The molecule has 0 radical (unpaired) electrons. The maximum atomic E-state index is 6.44. The molecule has 2 nitrogen and oxygen atoms in total. The van der Waals surface area contributed by atoms with E-state index in [9.17, 15) is 0 Å². The SMILES string of the molecule is CNC1CC2(CCCC2C)Oc2cc(Br)ccc21. The van der Waals surface area contributed by atoms with Gasteiger partial charge in [-0.1, -0.05) is 28.9 Å². The number of rotatable bonds is 1. The van der Waals surface area contributed by atoms with Gasteiger partial charge >= 0.3 is 0 Å². The van der Waals surface area contributed by atoms with E-state index in [1.165, 1.54) is 24.8 Å². The quantitative estimate of drug-likeness (QED) is 0.845. The molecule has 0 saturated heterocycles. The molecule has 2 aliphatic rings. The van der Waals surface area contributed by atoms with Gasteiger partial charge in [0.15, 0.2) is 0 Å². The topological polar surface area (TPSA) is 21.3 Å². The third kappa shape index (κ3) is 1.88. The maximum absolute atomic E-state index is 6.44. The fourth-order valence-electron chi connectivity index (χ4n) is 3.53. The van der Waals surface area contributed by atoms with Crippen molar-refractivity contribution in [2.24, 2.45) is 5.92 Å². The van der Waals surface area contributed by atoms with E-state index in [0.717, 1.165) is 16.6 Å². The summed E-state index contributed by atoms with van der Waals surface area (Å²) in [5.74, 6) is 1.71. The average molecular weight is 310 g/mol. The van der Waals surface area contributed by atoms with Gasteiger partial charge in [-0.3, -0.25) is 0 Å². The highest BCUT2D eigenvalue weighted by molar-refractivity contribution is 9.10. The normalized spacial score (nSPS) is 34.4. The zero-order valence-corrected chi connectivity index (χ0v) is 12.6. The molecular formula is C15H20BrNO. The van der Waals surface area contributed by atoms with Gasteiger partial charge in [0.1, 0.15) is 11.4 Å². The van der Waals surface area contributed by atoms with Crippen molar-refractivity contribution in [2.75, 3.05) is 7.05 Å². The molecule has 1 aliphatic heterocycles. The number of ether oxygens (including phenoxy) is 1. The van der Waals surface area contributed by atoms with Crippen LogP contribution in [0.1, 0.15) is 44.2 Å². The highest BCUT2D eigenvalue weighted by Gasteiger charge is 2.47. The van der Waals surface area contributed by atoms with Crippen LogP contribution in [0.2, 0.25) is 0 Å². The summed E-state index contributed by atoms with van der Waals surface area (Å²) in [7, 11) is 2.05. The molecule has 98 valence electrons. The summed E-state index contributed by atoms with van der Waals surface area (Å²) < 4.78 is 7.53. The van der Waals surface area contributed by atoms with Crippen LogP contribution >= 0.6 is 15.9 Å². The Morgan fingerprint density at radius 3 is 2.94 bits per heavy atom. The van der Waals surface area contributed by atoms with Gasteiger partial charge in [-0.2, -0.15) is 0 Å². The minimum atomic E-state index is 0.0570. The second-order valence-electron chi connectivity index (χ2n) is 5.69. The van der Waals surface area contributed by atoms with Crippen molar-refractivity contribution in [3.05, 3.63) is 28.2 Å². The molecule has 1 saturated carbocycles. The number of hydrogen-bond acceptors (Lipinski definition) is 2. The molecule has 1 aromatic carbocycles. The Kier molecular flexibility index (Phi) is 3.15. The molecule has 18 heavy (non-hydrogen) atoms. The Bertz CT molecular complexity index is 462. The first kappa shape index (κ1) is 12.5. The van der Waals surface area contributed by atoms with E-state index in [-0.39, 0.29) is 5.60 Å². The number of fused-ring (bicyclic) bond motifs is 1. The smallest absolute Gasteiger partial charge is 0.126 e. The van der Waals surface area contributed by atoms with Crippen LogP contribution in [0.4, 0.5) is 0 Å². The van der Waals surface area contributed by atoms with Gasteiger partial charge in [-0.15, -0.1) is 0 Å². The molecule has 1 N–H and O–H groups in total. The molecule has 3 unspecified atom stereocenters. The van der Waals surface area contributed by atoms with Gasteiger partial charge in [-0.25, -0.2) is 0 Å². The first-order valence-electron chi connectivity index (χ1n) is 6.80. The summed E-state index contributed by atoms with van der Waals surface area (Å²) >= 11 is 3.54. The Balaban J connectivity index is 2.02. The van der Waals surface area contributed by atoms with Crippen LogP contribution < -0.4 is 10.1 Å².